The molecule has 0 amide bonds. The predicted molar refractivity (Wildman–Crippen MR) is 38.6 cm³/mol. The molecule has 0 atom stereocenters. The van der Waals surface area contributed by atoms with Crippen molar-refractivity contribution >= 4 is 29.2 Å². The van der Waals surface area contributed by atoms with Crippen molar-refractivity contribution in [1.82, 2.24) is 0 Å². The molecule has 0 saturated carbocycles. The summed E-state index contributed by atoms with van der Waals surface area (Å²) in [5.41, 5.74) is 4.71. The van der Waals surface area contributed by atoms with E-state index in [1.807, 2.05) is 0 Å². The van der Waals surface area contributed by atoms with Crippen molar-refractivity contribution < 1.29 is 16.5 Å². The molecule has 0 aromatic carbocycles. The molecular weight excluding hydrogens is 173 g/mol. The van der Waals surface area contributed by atoms with Crippen LogP contribution in [0.3, 0.4) is 0 Å². The molecule has 0 spiro atoms. The maximum Gasteiger partial charge on any atom is 2.00 e. The van der Waals surface area contributed by atoms with E-state index in [1.54, 1.807) is 0 Å². The van der Waals surface area contributed by atoms with Crippen molar-refractivity contribution in [3.63, 3.8) is 0 Å². The zero-order chi connectivity index (χ0) is 3.58. The molecule has 7 heavy (non-hydrogen) atoms. The van der Waals surface area contributed by atoms with Crippen molar-refractivity contribution in [3.8, 4) is 0 Å². The number of thiocarbonyl (C=S) groups is 1. The first-order valence-electron chi connectivity index (χ1n) is 0.716. The minimum atomic E-state index is 0. The Morgan fingerprint density at radius 2 is 1.43 bits per heavy atom. The van der Waals surface area contributed by atoms with Gasteiger partial charge in [0.1, 0.15) is 4.32 Å². The molecule has 0 fully saturated rings. The Morgan fingerprint density at radius 1 is 1.43 bits per heavy atom. The Labute approximate surface area is 66.4 Å². The van der Waals surface area contributed by atoms with Crippen LogP contribution in [0, 0.1) is 14.9 Å². The Morgan fingerprint density at radius 3 is 1.43 bits per heavy atom. The summed E-state index contributed by atoms with van der Waals surface area (Å²) < 4.78 is 0.194. The second kappa shape index (κ2) is 15.9. The molecule has 0 aliphatic rings. The summed E-state index contributed by atoms with van der Waals surface area (Å²) in [6.07, 6.45) is 0. The van der Waals surface area contributed by atoms with Crippen molar-refractivity contribution in [2.75, 3.05) is 0 Å². The topological polar surface area (TPSA) is 26.0 Å². The summed E-state index contributed by atoms with van der Waals surface area (Å²) in [6.45, 7) is 0. The number of rotatable bonds is 0. The van der Waals surface area contributed by atoms with Crippen LogP contribution in [0.15, 0.2) is 0 Å². The molecule has 0 saturated heterocycles. The molecule has 0 aromatic heterocycles. The normalized spacial score (nSPS) is 3.57. The van der Waals surface area contributed by atoms with Gasteiger partial charge in [-0.25, -0.2) is 0 Å². The van der Waals surface area contributed by atoms with Gasteiger partial charge in [0.25, 0.3) is 0 Å². The second-order valence-electron chi connectivity index (χ2n) is 0.338. The zero-order valence-electron chi connectivity index (χ0n) is 4.25. The Balaban J connectivity index is -0.0000000150. The molecule has 0 aliphatic heterocycles. The number of hydrogen-bond donors (Lipinski definition) is 2. The third kappa shape index (κ3) is 280. The third-order valence-electron chi connectivity index (χ3n) is 0. The summed E-state index contributed by atoms with van der Waals surface area (Å²) in [7, 11) is 0. The molecular formula is C3H9NNiS2. The van der Waals surface area contributed by atoms with Crippen LogP contribution in [0.2, 0.25) is 0 Å². The molecule has 0 bridgehead atoms. The van der Waals surface area contributed by atoms with Crippen molar-refractivity contribution in [1.29, 1.82) is 0 Å². The largest absolute Gasteiger partial charge is 2.00 e. The van der Waals surface area contributed by atoms with Gasteiger partial charge in [-0.15, -0.1) is 12.6 Å². The molecule has 1 nitrogen and oxygen atoms in total. The van der Waals surface area contributed by atoms with Crippen molar-refractivity contribution in [2.24, 2.45) is 5.73 Å². The van der Waals surface area contributed by atoms with Crippen LogP contribution in [0.1, 0.15) is 0 Å². The van der Waals surface area contributed by atoms with Gasteiger partial charge < -0.3 is 20.6 Å². The number of nitrogens with two attached hydrogens (primary N) is 1. The summed E-state index contributed by atoms with van der Waals surface area (Å²) in [5.74, 6) is 0. The molecule has 0 aromatic rings. The first-order chi connectivity index (χ1) is 1.73. The Bertz CT molecular complexity index is 35.9. The van der Waals surface area contributed by atoms with E-state index in [9.17, 15) is 0 Å². The minimum Gasteiger partial charge on any atom is -0.385 e. The van der Waals surface area contributed by atoms with Gasteiger partial charge in [-0.05, 0) is 0 Å². The summed E-state index contributed by atoms with van der Waals surface area (Å²) >= 11 is 7.65. The molecule has 2 N–H and O–H groups in total. The van der Waals surface area contributed by atoms with Gasteiger partial charge >= 0.3 is 16.5 Å². The average molecular weight is 182 g/mol. The van der Waals surface area contributed by atoms with Crippen LogP contribution in [-0.4, -0.2) is 4.32 Å². The fraction of sp³-hybridized carbons (Fsp3) is 0. The first kappa shape index (κ1) is 25.2. The van der Waals surface area contributed by atoms with Crippen molar-refractivity contribution in [3.05, 3.63) is 14.9 Å². The molecule has 0 aliphatic carbocycles. The van der Waals surface area contributed by atoms with E-state index in [4.69, 9.17) is 5.73 Å². The molecule has 0 rings (SSSR count). The molecule has 4 heteroatoms. The van der Waals surface area contributed by atoms with Crippen LogP contribution < -0.4 is 5.73 Å². The molecule has 0 unspecified atom stereocenters. The van der Waals surface area contributed by atoms with E-state index >= 15 is 0 Å². The second-order valence-corrected chi connectivity index (χ2v) is 1.56. The van der Waals surface area contributed by atoms with Crippen LogP contribution in [0.25, 0.3) is 0 Å². The van der Waals surface area contributed by atoms with E-state index in [-0.39, 0.29) is 35.7 Å². The fourth-order valence-electron chi connectivity index (χ4n) is 0. The van der Waals surface area contributed by atoms with E-state index in [0.29, 0.717) is 0 Å². The van der Waals surface area contributed by atoms with E-state index in [2.05, 4.69) is 24.8 Å². The van der Waals surface area contributed by atoms with Crippen LogP contribution in [0.4, 0.5) is 0 Å². The zero-order valence-corrected chi connectivity index (χ0v) is 6.95. The van der Waals surface area contributed by atoms with Crippen LogP contribution in [-0.2, 0) is 16.5 Å². The molecule has 0 radical (unpaired) electrons. The van der Waals surface area contributed by atoms with Gasteiger partial charge in [0, 0.05) is 0 Å². The van der Waals surface area contributed by atoms with E-state index < -0.39 is 0 Å². The van der Waals surface area contributed by atoms with Gasteiger partial charge in [0.2, 0.25) is 0 Å². The monoisotopic (exact) mass is 181 g/mol. The maximum absolute atomic E-state index is 4.71. The summed E-state index contributed by atoms with van der Waals surface area (Å²) in [4.78, 5) is 0. The molecule has 48 valence electrons. The Hall–Kier alpha value is 0.734. The molecule has 0 heterocycles. The van der Waals surface area contributed by atoms with Crippen LogP contribution >= 0.6 is 24.8 Å². The number of hydrogen-bond acceptors (Lipinski definition) is 1. The van der Waals surface area contributed by atoms with E-state index in [1.165, 1.54) is 0 Å². The van der Waals surface area contributed by atoms with Gasteiger partial charge in [0.15, 0.2) is 0 Å². The van der Waals surface area contributed by atoms with E-state index in [0.717, 1.165) is 0 Å². The van der Waals surface area contributed by atoms with Gasteiger partial charge in [0.05, 0.1) is 0 Å². The SMILES string of the molecule is NC(=S)S.[CH3-].[CH3-].[Ni+2]. The van der Waals surface area contributed by atoms with Gasteiger partial charge in [-0.2, -0.15) is 0 Å². The quantitative estimate of drug-likeness (QED) is 0.253. The third-order valence-corrected chi connectivity index (χ3v) is 0. The fourth-order valence-corrected chi connectivity index (χ4v) is 0. The van der Waals surface area contributed by atoms with Crippen molar-refractivity contribution in [2.45, 2.75) is 0 Å². The van der Waals surface area contributed by atoms with Gasteiger partial charge in [-0.1, -0.05) is 12.2 Å². The minimum absolute atomic E-state index is 0. The van der Waals surface area contributed by atoms with Gasteiger partial charge in [-0.3, -0.25) is 0 Å². The maximum atomic E-state index is 4.71. The first-order valence-corrected chi connectivity index (χ1v) is 1.57. The predicted octanol–water partition coefficient (Wildman–Crippen LogP) is 1.06. The van der Waals surface area contributed by atoms with Crippen LogP contribution in [0.5, 0.6) is 0 Å². The Kier molecular flexibility index (Phi) is 57.1. The standard InChI is InChI=1S/CH3NS2.2CH3.Ni/c2-1(3)4;;;/h(H3,2,3,4);2*1H3;/q;2*-1;+2. The smallest absolute Gasteiger partial charge is 0.385 e. The summed E-state index contributed by atoms with van der Waals surface area (Å²) in [5, 5.41) is 0. The average Bonchev–Trinajstić information content (AvgIpc) is 0.811. The summed E-state index contributed by atoms with van der Waals surface area (Å²) in [6, 6.07) is 0. The number of thiol groups is 1.